The molecular weight excluding hydrogens is 640 g/mol. The summed E-state index contributed by atoms with van der Waals surface area (Å²) in [7, 11) is -7.53. The summed E-state index contributed by atoms with van der Waals surface area (Å²) in [6.45, 7) is 0. The van der Waals surface area contributed by atoms with E-state index >= 15 is 0 Å². The molecule has 10 nitrogen and oxygen atoms in total. The first-order valence-electron chi connectivity index (χ1n) is 11.3. The summed E-state index contributed by atoms with van der Waals surface area (Å²) >= 11 is 4.93. The SMILES string of the molecule is NS(=O)(=O)c1cccc(NC(=O)c2cc(F)ccc2F)c1.Nc1cccc(S(N)(=O)=O)c1.O=C(Cl)c1cc(F)ccc1F. The molecule has 0 aliphatic rings. The highest BCUT2D eigenvalue weighted by molar-refractivity contribution is 7.89. The Morgan fingerprint density at radius 2 is 1.12 bits per heavy atom. The monoisotopic (exact) mass is 660 g/mol. The average molecular weight is 661 g/mol. The number of rotatable bonds is 5. The molecule has 0 aliphatic heterocycles. The van der Waals surface area contributed by atoms with Crippen molar-refractivity contribution in [3.63, 3.8) is 0 Å². The van der Waals surface area contributed by atoms with Gasteiger partial charge in [0, 0.05) is 11.4 Å². The zero-order valence-corrected chi connectivity index (χ0v) is 23.9. The summed E-state index contributed by atoms with van der Waals surface area (Å²) in [4.78, 5) is 22.1. The highest BCUT2D eigenvalue weighted by atomic mass is 35.5. The Morgan fingerprint density at radius 3 is 1.56 bits per heavy atom. The first kappa shape index (κ1) is 34.8. The van der Waals surface area contributed by atoms with Crippen LogP contribution in [0.15, 0.2) is 94.7 Å². The van der Waals surface area contributed by atoms with Crippen LogP contribution in [-0.4, -0.2) is 28.0 Å². The smallest absolute Gasteiger partial charge is 0.258 e. The molecular formula is C26H21ClF4N4O6S2. The van der Waals surface area contributed by atoms with Crippen molar-refractivity contribution in [3.05, 3.63) is 119 Å². The summed E-state index contributed by atoms with van der Waals surface area (Å²) in [5.41, 5.74) is 4.89. The molecule has 0 bridgehead atoms. The molecule has 4 rings (SSSR count). The Hall–Kier alpha value is -4.35. The lowest BCUT2D eigenvalue weighted by Gasteiger charge is -2.07. The fourth-order valence-corrected chi connectivity index (χ4v) is 4.23. The molecule has 43 heavy (non-hydrogen) atoms. The fraction of sp³-hybridized carbons (Fsp3) is 0. The highest BCUT2D eigenvalue weighted by Crippen LogP contribution is 2.17. The number of anilines is 2. The topological polar surface area (TPSA) is 193 Å². The summed E-state index contributed by atoms with van der Waals surface area (Å²) in [5.74, 6) is -4.06. The van der Waals surface area contributed by atoms with Crippen LogP contribution in [0.2, 0.25) is 0 Å². The van der Waals surface area contributed by atoms with Crippen LogP contribution in [0, 0.1) is 23.3 Å². The lowest BCUT2D eigenvalue weighted by molar-refractivity contribution is 0.102. The second kappa shape index (κ2) is 14.7. The number of halogens is 5. The lowest BCUT2D eigenvalue weighted by atomic mass is 10.2. The van der Waals surface area contributed by atoms with Crippen molar-refractivity contribution in [2.45, 2.75) is 9.79 Å². The molecule has 0 atom stereocenters. The number of carbonyl (C=O) groups is 2. The van der Waals surface area contributed by atoms with Gasteiger partial charge in [0.25, 0.3) is 11.1 Å². The zero-order valence-electron chi connectivity index (χ0n) is 21.5. The third-order valence-electron chi connectivity index (χ3n) is 4.92. The minimum absolute atomic E-state index is 0.0394. The van der Waals surface area contributed by atoms with E-state index in [0.717, 1.165) is 42.5 Å². The Balaban J connectivity index is 0.000000247. The van der Waals surface area contributed by atoms with Crippen LogP contribution in [-0.2, 0) is 20.0 Å². The zero-order chi connectivity index (χ0) is 32.5. The van der Waals surface area contributed by atoms with Gasteiger partial charge < -0.3 is 11.1 Å². The van der Waals surface area contributed by atoms with Crippen LogP contribution in [0.5, 0.6) is 0 Å². The van der Waals surface area contributed by atoms with E-state index < -0.39 is 65.6 Å². The molecule has 4 aromatic carbocycles. The van der Waals surface area contributed by atoms with Crippen LogP contribution in [0.25, 0.3) is 0 Å². The predicted octanol–water partition coefficient (Wildman–Crippen LogP) is 4.12. The average Bonchev–Trinajstić information content (AvgIpc) is 2.91. The van der Waals surface area contributed by atoms with Gasteiger partial charge in [0.05, 0.1) is 20.9 Å². The van der Waals surface area contributed by atoms with Gasteiger partial charge in [0.2, 0.25) is 20.0 Å². The minimum atomic E-state index is -3.93. The molecule has 0 saturated carbocycles. The van der Waals surface area contributed by atoms with Gasteiger partial charge in [-0.05, 0) is 84.4 Å². The van der Waals surface area contributed by atoms with Crippen molar-refractivity contribution in [1.82, 2.24) is 0 Å². The van der Waals surface area contributed by atoms with Crippen LogP contribution in [0.4, 0.5) is 28.9 Å². The molecule has 0 spiro atoms. The Labute approximate surface area is 248 Å². The van der Waals surface area contributed by atoms with Gasteiger partial charge in [-0.25, -0.2) is 44.7 Å². The molecule has 7 N–H and O–H groups in total. The normalized spacial score (nSPS) is 10.9. The van der Waals surface area contributed by atoms with Crippen LogP contribution in [0.3, 0.4) is 0 Å². The second-order valence-electron chi connectivity index (χ2n) is 8.17. The molecule has 0 radical (unpaired) electrons. The van der Waals surface area contributed by atoms with Crippen molar-refractivity contribution < 1.29 is 44.0 Å². The summed E-state index contributed by atoms with van der Waals surface area (Å²) in [6.07, 6.45) is 0. The quantitative estimate of drug-likeness (QED) is 0.140. The molecule has 228 valence electrons. The van der Waals surface area contributed by atoms with Gasteiger partial charge in [0.1, 0.15) is 23.3 Å². The van der Waals surface area contributed by atoms with E-state index in [2.05, 4.69) is 5.32 Å². The van der Waals surface area contributed by atoms with E-state index in [0.29, 0.717) is 5.69 Å². The van der Waals surface area contributed by atoms with Crippen molar-refractivity contribution in [2.24, 2.45) is 10.3 Å². The number of hydrogen-bond donors (Lipinski definition) is 4. The third kappa shape index (κ3) is 11.1. The van der Waals surface area contributed by atoms with Crippen molar-refractivity contribution >= 4 is 54.2 Å². The van der Waals surface area contributed by atoms with Gasteiger partial charge in [-0.2, -0.15) is 0 Å². The number of carbonyl (C=O) groups excluding carboxylic acids is 2. The van der Waals surface area contributed by atoms with Gasteiger partial charge >= 0.3 is 0 Å². The van der Waals surface area contributed by atoms with Crippen LogP contribution >= 0.6 is 11.6 Å². The van der Waals surface area contributed by atoms with E-state index in [-0.39, 0.29) is 15.5 Å². The maximum Gasteiger partial charge on any atom is 0.258 e. The van der Waals surface area contributed by atoms with Gasteiger partial charge in [-0.1, -0.05) is 12.1 Å². The van der Waals surface area contributed by atoms with Crippen molar-refractivity contribution in [1.29, 1.82) is 0 Å². The Bertz CT molecular complexity index is 1880. The number of benzene rings is 4. The molecule has 0 saturated heterocycles. The molecule has 17 heteroatoms. The molecule has 0 fully saturated rings. The summed E-state index contributed by atoms with van der Waals surface area (Å²) in [5, 5.41) is 11.1. The highest BCUT2D eigenvalue weighted by Gasteiger charge is 2.15. The molecule has 4 aromatic rings. The molecule has 0 aliphatic carbocycles. The van der Waals surface area contributed by atoms with Crippen LogP contribution < -0.4 is 21.3 Å². The lowest BCUT2D eigenvalue weighted by Crippen LogP contribution is -2.16. The molecule has 0 heterocycles. The number of primary sulfonamides is 2. The third-order valence-corrected chi connectivity index (χ3v) is 6.95. The van der Waals surface area contributed by atoms with Crippen molar-refractivity contribution in [2.75, 3.05) is 11.1 Å². The van der Waals surface area contributed by atoms with E-state index in [1.165, 1.54) is 36.4 Å². The van der Waals surface area contributed by atoms with Crippen LogP contribution in [0.1, 0.15) is 20.7 Å². The van der Waals surface area contributed by atoms with Crippen molar-refractivity contribution in [3.8, 4) is 0 Å². The first-order valence-corrected chi connectivity index (χ1v) is 14.8. The molecule has 0 aromatic heterocycles. The van der Waals surface area contributed by atoms with E-state index in [1.807, 2.05) is 0 Å². The number of nitrogen functional groups attached to an aromatic ring is 1. The Morgan fingerprint density at radius 1 is 0.651 bits per heavy atom. The van der Waals surface area contributed by atoms with E-state index in [9.17, 15) is 44.0 Å². The molecule has 0 unspecified atom stereocenters. The number of sulfonamides is 2. The summed E-state index contributed by atoms with van der Waals surface area (Å²) in [6, 6.07) is 15.9. The predicted molar refractivity (Wildman–Crippen MR) is 151 cm³/mol. The largest absolute Gasteiger partial charge is 0.399 e. The maximum absolute atomic E-state index is 13.4. The summed E-state index contributed by atoms with van der Waals surface area (Å²) < 4.78 is 95.2. The number of nitrogens with two attached hydrogens (primary N) is 3. The first-order chi connectivity index (χ1) is 19.9. The second-order valence-corrected chi connectivity index (χ2v) is 11.6. The maximum atomic E-state index is 13.4. The fourth-order valence-electron chi connectivity index (χ4n) is 2.96. The minimum Gasteiger partial charge on any atom is -0.399 e. The van der Waals surface area contributed by atoms with Gasteiger partial charge in [-0.15, -0.1) is 0 Å². The van der Waals surface area contributed by atoms with E-state index in [4.69, 9.17) is 27.6 Å². The number of amides is 1. The standard InChI is InChI=1S/C13H10F2N2O3S.C7H3ClF2O.C6H8N2O2S/c14-8-4-5-12(15)11(6-8)13(18)17-9-2-1-3-10(7-9)21(16,19)20;8-7(11)5-3-4(9)1-2-6(5)10;7-5-2-1-3-6(4-5)11(8,9)10/h1-7H,(H,17,18)(H2,16,19,20);1-3H;1-4H,7H2,(H2,8,9,10). The Kier molecular flexibility index (Phi) is 11.9. The van der Waals surface area contributed by atoms with E-state index in [1.54, 1.807) is 6.07 Å². The van der Waals surface area contributed by atoms with Gasteiger partial charge in [-0.3, -0.25) is 9.59 Å². The number of nitrogens with one attached hydrogen (secondary N) is 1. The number of hydrogen-bond acceptors (Lipinski definition) is 7. The van der Waals surface area contributed by atoms with Gasteiger partial charge in [0.15, 0.2) is 0 Å². The molecule has 1 amide bonds.